The summed E-state index contributed by atoms with van der Waals surface area (Å²) in [6, 6.07) is 5.78. The number of anilines is 1. The summed E-state index contributed by atoms with van der Waals surface area (Å²) in [6.45, 7) is 0. The lowest BCUT2D eigenvalue weighted by atomic mass is 10.2. The van der Waals surface area contributed by atoms with Gasteiger partial charge in [-0.15, -0.1) is 0 Å². The van der Waals surface area contributed by atoms with E-state index < -0.39 is 10.6 Å². The monoisotopic (exact) mass is 256 g/mol. The van der Waals surface area contributed by atoms with Gasteiger partial charge >= 0.3 is 5.69 Å². The van der Waals surface area contributed by atoms with Gasteiger partial charge in [-0.05, 0) is 12.1 Å². The number of benzene rings is 1. The predicted octanol–water partition coefficient (Wildman–Crippen LogP) is 0.660. The van der Waals surface area contributed by atoms with Gasteiger partial charge in [0.05, 0.1) is 16.7 Å². The Labute approximate surface area is 107 Å². The molecule has 7 nitrogen and oxygen atoms in total. The van der Waals surface area contributed by atoms with Crippen molar-refractivity contribution in [3.05, 3.63) is 62.2 Å². The van der Waals surface area contributed by atoms with Crippen molar-refractivity contribution in [3.8, 4) is 11.8 Å². The Bertz CT molecular complexity index is 738. The Kier molecular flexibility index (Phi) is 3.25. The van der Waals surface area contributed by atoms with Gasteiger partial charge in [0.2, 0.25) is 0 Å². The lowest BCUT2D eigenvalue weighted by Crippen LogP contribution is -2.12. The molecule has 0 bridgehead atoms. The molecule has 0 aliphatic carbocycles. The number of nitro groups is 1. The van der Waals surface area contributed by atoms with Gasteiger partial charge in [-0.25, -0.2) is 9.78 Å². The van der Waals surface area contributed by atoms with Crippen LogP contribution in [0.3, 0.4) is 0 Å². The van der Waals surface area contributed by atoms with Crippen molar-refractivity contribution in [1.82, 2.24) is 9.97 Å². The minimum absolute atomic E-state index is 0.00392. The average Bonchev–Trinajstić information content (AvgIpc) is 2.38. The first kappa shape index (κ1) is 12.3. The van der Waals surface area contributed by atoms with Crippen molar-refractivity contribution in [1.29, 1.82) is 0 Å². The van der Waals surface area contributed by atoms with Crippen LogP contribution in [0, 0.1) is 22.0 Å². The summed E-state index contributed by atoms with van der Waals surface area (Å²) in [5.41, 5.74) is 6.00. The van der Waals surface area contributed by atoms with Gasteiger partial charge in [0.25, 0.3) is 5.69 Å². The summed E-state index contributed by atoms with van der Waals surface area (Å²) in [7, 11) is 0. The van der Waals surface area contributed by atoms with Gasteiger partial charge in [0.1, 0.15) is 5.82 Å². The molecule has 0 aliphatic rings. The molecule has 0 fully saturated rings. The number of hydrogen-bond acceptors (Lipinski definition) is 5. The first-order chi connectivity index (χ1) is 9.06. The molecule has 0 spiro atoms. The number of non-ortho nitro benzene ring substituents is 1. The van der Waals surface area contributed by atoms with Crippen molar-refractivity contribution in [2.75, 3.05) is 5.73 Å². The molecule has 1 aromatic carbocycles. The quantitative estimate of drug-likeness (QED) is 0.442. The zero-order chi connectivity index (χ0) is 13.8. The minimum Gasteiger partial charge on any atom is -0.384 e. The third kappa shape index (κ3) is 2.95. The third-order valence-electron chi connectivity index (χ3n) is 2.26. The third-order valence-corrected chi connectivity index (χ3v) is 2.26. The molecule has 0 saturated carbocycles. The zero-order valence-electron chi connectivity index (χ0n) is 9.58. The van der Waals surface area contributed by atoms with Crippen LogP contribution in [-0.4, -0.2) is 14.9 Å². The Balaban J connectivity index is 2.28. The number of aromatic amines is 1. The molecular formula is C12H8N4O3. The first-order valence-corrected chi connectivity index (χ1v) is 5.17. The van der Waals surface area contributed by atoms with Gasteiger partial charge in [0.15, 0.2) is 0 Å². The SMILES string of the molecule is Nc1[nH]c(=O)ncc1C#Cc1ccc([N+](=O)[O-])cc1. The van der Waals surface area contributed by atoms with Crippen molar-refractivity contribution in [2.24, 2.45) is 0 Å². The molecule has 0 radical (unpaired) electrons. The molecule has 0 saturated heterocycles. The summed E-state index contributed by atoms with van der Waals surface area (Å²) in [5, 5.41) is 10.5. The van der Waals surface area contributed by atoms with E-state index in [9.17, 15) is 14.9 Å². The molecule has 94 valence electrons. The highest BCUT2D eigenvalue weighted by Crippen LogP contribution is 2.11. The van der Waals surface area contributed by atoms with E-state index in [1.165, 1.54) is 30.5 Å². The van der Waals surface area contributed by atoms with E-state index in [0.717, 1.165) is 0 Å². The van der Waals surface area contributed by atoms with Crippen molar-refractivity contribution in [3.63, 3.8) is 0 Å². The number of nitro benzene ring substituents is 1. The molecule has 0 atom stereocenters. The van der Waals surface area contributed by atoms with Gasteiger partial charge in [0, 0.05) is 17.7 Å². The highest BCUT2D eigenvalue weighted by molar-refractivity contribution is 5.52. The fourth-order valence-electron chi connectivity index (χ4n) is 1.31. The Morgan fingerprint density at radius 3 is 2.53 bits per heavy atom. The second-order valence-corrected chi connectivity index (χ2v) is 3.57. The predicted molar refractivity (Wildman–Crippen MR) is 68.3 cm³/mol. The van der Waals surface area contributed by atoms with E-state index in [1.54, 1.807) is 0 Å². The number of nitrogen functional groups attached to an aromatic ring is 1. The smallest absolute Gasteiger partial charge is 0.346 e. The summed E-state index contributed by atoms with van der Waals surface area (Å²) in [4.78, 5) is 26.7. The van der Waals surface area contributed by atoms with Crippen molar-refractivity contribution in [2.45, 2.75) is 0 Å². The Morgan fingerprint density at radius 1 is 1.26 bits per heavy atom. The summed E-state index contributed by atoms with van der Waals surface area (Å²) in [5.74, 6) is 5.63. The number of H-pyrrole nitrogens is 1. The summed E-state index contributed by atoms with van der Waals surface area (Å²) >= 11 is 0. The molecule has 0 unspecified atom stereocenters. The molecule has 2 aromatic rings. The minimum atomic E-state index is -0.543. The van der Waals surface area contributed by atoms with Crippen LogP contribution in [0.4, 0.5) is 11.5 Å². The maximum Gasteiger partial charge on any atom is 0.346 e. The molecule has 0 aliphatic heterocycles. The van der Waals surface area contributed by atoms with Gasteiger partial charge in [-0.1, -0.05) is 11.8 Å². The molecule has 7 heteroatoms. The lowest BCUT2D eigenvalue weighted by Gasteiger charge is -1.95. The number of aromatic nitrogens is 2. The highest BCUT2D eigenvalue weighted by Gasteiger charge is 2.02. The molecule has 0 amide bonds. The second-order valence-electron chi connectivity index (χ2n) is 3.57. The fourth-order valence-corrected chi connectivity index (χ4v) is 1.31. The van der Waals surface area contributed by atoms with Crippen LogP contribution in [0.5, 0.6) is 0 Å². The van der Waals surface area contributed by atoms with Crippen LogP contribution in [0.25, 0.3) is 0 Å². The van der Waals surface area contributed by atoms with Gasteiger partial charge in [-0.2, -0.15) is 0 Å². The van der Waals surface area contributed by atoms with Gasteiger partial charge in [-0.3, -0.25) is 15.1 Å². The maximum atomic E-state index is 10.9. The number of nitrogens with zero attached hydrogens (tertiary/aromatic N) is 2. The molecule has 19 heavy (non-hydrogen) atoms. The number of nitrogens with two attached hydrogens (primary N) is 1. The fraction of sp³-hybridized carbons (Fsp3) is 0. The first-order valence-electron chi connectivity index (χ1n) is 5.17. The second kappa shape index (κ2) is 5.01. The van der Waals surface area contributed by atoms with Gasteiger partial charge < -0.3 is 5.73 Å². The highest BCUT2D eigenvalue weighted by atomic mass is 16.6. The van der Waals surface area contributed by atoms with Crippen LogP contribution in [0.15, 0.2) is 35.3 Å². The lowest BCUT2D eigenvalue weighted by molar-refractivity contribution is -0.384. The van der Waals surface area contributed by atoms with E-state index in [0.29, 0.717) is 11.1 Å². The normalized spacial score (nSPS) is 9.47. The van der Waals surface area contributed by atoms with E-state index in [2.05, 4.69) is 21.8 Å². The topological polar surface area (TPSA) is 115 Å². The number of rotatable bonds is 1. The number of nitrogens with one attached hydrogen (secondary N) is 1. The van der Waals surface area contributed by atoms with Crippen LogP contribution < -0.4 is 11.4 Å². The molecule has 2 rings (SSSR count). The molecule has 1 aromatic heterocycles. The molecule has 3 N–H and O–H groups in total. The Morgan fingerprint density at radius 2 is 1.95 bits per heavy atom. The summed E-state index contributed by atoms with van der Waals surface area (Å²) in [6.07, 6.45) is 1.27. The van der Waals surface area contributed by atoms with Crippen LogP contribution >= 0.6 is 0 Å². The van der Waals surface area contributed by atoms with Crippen LogP contribution in [-0.2, 0) is 0 Å². The zero-order valence-corrected chi connectivity index (χ0v) is 9.58. The summed E-state index contributed by atoms with van der Waals surface area (Å²) < 4.78 is 0. The van der Waals surface area contributed by atoms with Crippen molar-refractivity contribution >= 4 is 11.5 Å². The van der Waals surface area contributed by atoms with Crippen LogP contribution in [0.1, 0.15) is 11.1 Å². The van der Waals surface area contributed by atoms with E-state index >= 15 is 0 Å². The van der Waals surface area contributed by atoms with Crippen molar-refractivity contribution < 1.29 is 4.92 Å². The number of hydrogen-bond donors (Lipinski definition) is 2. The molecular weight excluding hydrogens is 248 g/mol. The maximum absolute atomic E-state index is 10.9. The van der Waals surface area contributed by atoms with Crippen LogP contribution in [0.2, 0.25) is 0 Å². The average molecular weight is 256 g/mol. The van der Waals surface area contributed by atoms with E-state index in [1.807, 2.05) is 0 Å². The standard InChI is InChI=1S/C12H8N4O3/c13-11-9(7-14-12(17)15-11)4-1-8-2-5-10(6-3-8)16(18)19/h2-3,5-7H,(H3,13,14,15,17). The van der Waals surface area contributed by atoms with E-state index in [-0.39, 0.29) is 11.5 Å². The van der Waals surface area contributed by atoms with E-state index in [4.69, 9.17) is 5.73 Å². The molecule has 1 heterocycles. The largest absolute Gasteiger partial charge is 0.384 e. The Hall–Kier alpha value is -3.14.